The van der Waals surface area contributed by atoms with Gasteiger partial charge in [-0.1, -0.05) is 13.8 Å². The maximum absolute atomic E-state index is 12.2. The van der Waals surface area contributed by atoms with Gasteiger partial charge in [-0.25, -0.2) is 0 Å². The first kappa shape index (κ1) is 12.9. The van der Waals surface area contributed by atoms with Crippen LogP contribution in [0.5, 0.6) is 0 Å². The fourth-order valence-corrected chi connectivity index (χ4v) is 2.71. The number of fused-ring (bicyclic) bond motifs is 1. The van der Waals surface area contributed by atoms with Gasteiger partial charge in [0.1, 0.15) is 12.1 Å². The van der Waals surface area contributed by atoms with E-state index in [2.05, 4.69) is 10.6 Å². The quantitative estimate of drug-likeness (QED) is 0.679. The van der Waals surface area contributed by atoms with Gasteiger partial charge in [0, 0.05) is 13.5 Å². The molecule has 0 aromatic heterocycles. The molecule has 2 saturated heterocycles. The zero-order chi connectivity index (χ0) is 13.4. The maximum atomic E-state index is 12.2. The van der Waals surface area contributed by atoms with Crippen LogP contribution < -0.4 is 10.6 Å². The summed E-state index contributed by atoms with van der Waals surface area (Å²) in [4.78, 5) is 37.0. The minimum absolute atomic E-state index is 0.0394. The Morgan fingerprint density at radius 1 is 1.44 bits per heavy atom. The molecule has 0 spiro atoms. The van der Waals surface area contributed by atoms with E-state index in [1.54, 1.807) is 4.90 Å². The number of hydrogen-bond donors (Lipinski definition) is 2. The summed E-state index contributed by atoms with van der Waals surface area (Å²) in [6.45, 7) is 5.77. The lowest BCUT2D eigenvalue weighted by Gasteiger charge is -2.37. The third kappa shape index (κ3) is 2.07. The fraction of sp³-hybridized carbons (Fsp3) is 0.750. The largest absolute Gasteiger partial charge is 0.351 e. The minimum Gasteiger partial charge on any atom is -0.351 e. The Morgan fingerprint density at radius 2 is 2.11 bits per heavy atom. The zero-order valence-electron chi connectivity index (χ0n) is 10.9. The average molecular weight is 253 g/mol. The van der Waals surface area contributed by atoms with Crippen molar-refractivity contribution < 1.29 is 14.4 Å². The van der Waals surface area contributed by atoms with Gasteiger partial charge < -0.3 is 15.5 Å². The van der Waals surface area contributed by atoms with Crippen LogP contribution >= 0.6 is 0 Å². The zero-order valence-corrected chi connectivity index (χ0v) is 10.9. The van der Waals surface area contributed by atoms with Gasteiger partial charge in [0.05, 0.1) is 6.04 Å². The maximum Gasteiger partial charge on any atom is 0.246 e. The molecule has 0 bridgehead atoms. The molecule has 0 aromatic rings. The van der Waals surface area contributed by atoms with Crippen molar-refractivity contribution in [3.63, 3.8) is 0 Å². The van der Waals surface area contributed by atoms with Crippen LogP contribution in [0.3, 0.4) is 0 Å². The molecule has 2 fully saturated rings. The highest BCUT2D eigenvalue weighted by atomic mass is 16.2. The van der Waals surface area contributed by atoms with Crippen molar-refractivity contribution >= 4 is 17.7 Å². The van der Waals surface area contributed by atoms with Gasteiger partial charge in [0.15, 0.2) is 0 Å². The monoisotopic (exact) mass is 253 g/mol. The highest BCUT2D eigenvalue weighted by Gasteiger charge is 2.48. The van der Waals surface area contributed by atoms with E-state index in [4.69, 9.17) is 0 Å². The summed E-state index contributed by atoms with van der Waals surface area (Å²) >= 11 is 0. The molecule has 0 saturated carbocycles. The Bertz CT molecular complexity index is 394. The molecular formula is C12H19N3O3. The van der Waals surface area contributed by atoms with E-state index in [1.807, 2.05) is 13.8 Å². The number of carbonyl (C=O) groups excluding carboxylic acids is 3. The second kappa shape index (κ2) is 4.59. The molecule has 3 unspecified atom stereocenters. The van der Waals surface area contributed by atoms with Gasteiger partial charge in [-0.15, -0.1) is 0 Å². The molecular weight excluding hydrogens is 234 g/mol. The Kier molecular flexibility index (Phi) is 3.28. The first-order valence-corrected chi connectivity index (χ1v) is 6.29. The molecule has 100 valence electrons. The molecule has 2 heterocycles. The van der Waals surface area contributed by atoms with E-state index < -0.39 is 12.1 Å². The minimum atomic E-state index is -0.545. The molecule has 3 atom stereocenters. The van der Waals surface area contributed by atoms with Crippen LogP contribution in [-0.2, 0) is 14.4 Å². The van der Waals surface area contributed by atoms with Crippen molar-refractivity contribution in [1.29, 1.82) is 0 Å². The third-order valence-corrected chi connectivity index (χ3v) is 3.57. The predicted molar refractivity (Wildman–Crippen MR) is 64.5 cm³/mol. The number of hydrogen-bond acceptors (Lipinski definition) is 3. The first-order chi connectivity index (χ1) is 8.41. The molecule has 2 N–H and O–H groups in total. The summed E-state index contributed by atoms with van der Waals surface area (Å²) in [5, 5.41) is 5.50. The summed E-state index contributed by atoms with van der Waals surface area (Å²) in [6.07, 6.45) is 0.633. The Labute approximate surface area is 106 Å². The van der Waals surface area contributed by atoms with E-state index in [1.165, 1.54) is 6.92 Å². The molecule has 0 aliphatic carbocycles. The average Bonchev–Trinajstić information content (AvgIpc) is 2.66. The molecule has 6 heteroatoms. The summed E-state index contributed by atoms with van der Waals surface area (Å²) in [5.74, 6) is -0.303. The molecule has 2 aliphatic heterocycles. The molecule has 2 rings (SSSR count). The fourth-order valence-electron chi connectivity index (χ4n) is 2.71. The Balaban J connectivity index is 2.17. The van der Waals surface area contributed by atoms with E-state index in [9.17, 15) is 14.4 Å². The van der Waals surface area contributed by atoms with Crippen molar-refractivity contribution in [3.8, 4) is 0 Å². The highest BCUT2D eigenvalue weighted by Crippen LogP contribution is 2.24. The summed E-state index contributed by atoms with van der Waals surface area (Å²) < 4.78 is 0. The molecule has 18 heavy (non-hydrogen) atoms. The number of nitrogens with zero attached hydrogens (tertiary/aromatic N) is 1. The van der Waals surface area contributed by atoms with Crippen molar-refractivity contribution in [2.75, 3.05) is 6.54 Å². The number of piperazine rings is 1. The van der Waals surface area contributed by atoms with E-state index in [-0.39, 0.29) is 29.7 Å². The summed E-state index contributed by atoms with van der Waals surface area (Å²) in [5.41, 5.74) is 0. The molecule has 6 nitrogen and oxygen atoms in total. The van der Waals surface area contributed by atoms with Gasteiger partial charge >= 0.3 is 0 Å². The summed E-state index contributed by atoms with van der Waals surface area (Å²) in [7, 11) is 0. The van der Waals surface area contributed by atoms with Crippen molar-refractivity contribution in [2.45, 2.75) is 45.3 Å². The summed E-state index contributed by atoms with van der Waals surface area (Å²) in [6, 6.07) is -1.25. The van der Waals surface area contributed by atoms with Crippen molar-refractivity contribution in [3.05, 3.63) is 0 Å². The van der Waals surface area contributed by atoms with Gasteiger partial charge in [-0.05, 0) is 12.3 Å². The number of rotatable bonds is 2. The van der Waals surface area contributed by atoms with E-state index in [0.29, 0.717) is 13.0 Å². The van der Waals surface area contributed by atoms with Crippen LogP contribution in [0, 0.1) is 5.92 Å². The predicted octanol–water partition coefficient (Wildman–Crippen LogP) is -0.754. The number of carbonyl (C=O) groups is 3. The second-order valence-corrected chi connectivity index (χ2v) is 5.30. The van der Waals surface area contributed by atoms with Gasteiger partial charge in [0.25, 0.3) is 0 Å². The molecule has 0 aromatic carbocycles. The second-order valence-electron chi connectivity index (χ2n) is 5.30. The van der Waals surface area contributed by atoms with E-state index in [0.717, 1.165) is 0 Å². The molecule has 0 radical (unpaired) electrons. The number of amides is 3. The van der Waals surface area contributed by atoms with E-state index >= 15 is 0 Å². The lowest BCUT2D eigenvalue weighted by Crippen LogP contribution is -2.66. The standard InChI is InChI=1S/C12H19N3O3/c1-6(2)9-12(18)15-5-4-8(13-7(3)16)10(15)11(17)14-9/h6,8-10H,4-5H2,1-3H3,(H,13,16)(H,14,17). The molecule has 3 amide bonds. The van der Waals surface area contributed by atoms with Crippen LogP contribution in [0.1, 0.15) is 27.2 Å². The van der Waals surface area contributed by atoms with Crippen LogP contribution in [-0.4, -0.2) is 47.3 Å². The van der Waals surface area contributed by atoms with Crippen molar-refractivity contribution in [2.24, 2.45) is 5.92 Å². The highest BCUT2D eigenvalue weighted by molar-refractivity contribution is 5.98. The first-order valence-electron chi connectivity index (χ1n) is 6.29. The lowest BCUT2D eigenvalue weighted by molar-refractivity contribution is -0.149. The van der Waals surface area contributed by atoms with Crippen LogP contribution in [0.4, 0.5) is 0 Å². The van der Waals surface area contributed by atoms with Crippen LogP contribution in [0.2, 0.25) is 0 Å². The smallest absolute Gasteiger partial charge is 0.246 e. The Morgan fingerprint density at radius 3 is 2.67 bits per heavy atom. The number of nitrogens with one attached hydrogen (secondary N) is 2. The Hall–Kier alpha value is -1.59. The van der Waals surface area contributed by atoms with Crippen LogP contribution in [0.15, 0.2) is 0 Å². The van der Waals surface area contributed by atoms with Crippen molar-refractivity contribution in [1.82, 2.24) is 15.5 Å². The SMILES string of the molecule is CC(=O)NC1CCN2C(=O)C(C(C)C)NC(=O)C12. The molecule has 2 aliphatic rings. The third-order valence-electron chi connectivity index (χ3n) is 3.57. The lowest BCUT2D eigenvalue weighted by atomic mass is 9.97. The van der Waals surface area contributed by atoms with Crippen LogP contribution in [0.25, 0.3) is 0 Å². The van der Waals surface area contributed by atoms with Gasteiger partial charge in [0.2, 0.25) is 17.7 Å². The normalized spacial score (nSPS) is 31.3. The topological polar surface area (TPSA) is 78.5 Å². The van der Waals surface area contributed by atoms with Gasteiger partial charge in [-0.2, -0.15) is 0 Å². The van der Waals surface area contributed by atoms with Gasteiger partial charge in [-0.3, -0.25) is 14.4 Å².